The van der Waals surface area contributed by atoms with Gasteiger partial charge < -0.3 is 19.2 Å². The van der Waals surface area contributed by atoms with Gasteiger partial charge in [0, 0.05) is 10.4 Å². The molecule has 0 radical (unpaired) electrons. The largest absolute Gasteiger partial charge is 0.465 e. The van der Waals surface area contributed by atoms with Crippen molar-refractivity contribution in [3.63, 3.8) is 0 Å². The maximum absolute atomic E-state index is 12.0. The van der Waals surface area contributed by atoms with Crippen LogP contribution in [0.25, 0.3) is 0 Å². The second kappa shape index (κ2) is 7.31. The Balaban J connectivity index is 2.03. The lowest BCUT2D eigenvalue weighted by atomic mass is 10.1. The normalized spacial score (nSPS) is 10.3. The minimum atomic E-state index is -0.723. The maximum atomic E-state index is 12.0. The third-order valence-electron chi connectivity index (χ3n) is 3.41. The number of rotatable bonds is 5. The minimum absolute atomic E-state index is 0.0564. The first-order chi connectivity index (χ1) is 11.3. The van der Waals surface area contributed by atoms with Crippen LogP contribution in [-0.2, 0) is 14.3 Å². The predicted molar refractivity (Wildman–Crippen MR) is 87.5 cm³/mol. The zero-order chi connectivity index (χ0) is 17.9. The zero-order valence-electron chi connectivity index (χ0n) is 13.7. The number of hydrogen-bond acceptors (Lipinski definition) is 7. The van der Waals surface area contributed by atoms with Gasteiger partial charge in [0.15, 0.2) is 6.61 Å². The fourth-order valence-corrected chi connectivity index (χ4v) is 3.07. The molecule has 0 aliphatic rings. The van der Waals surface area contributed by atoms with Gasteiger partial charge in [-0.15, -0.1) is 11.3 Å². The molecule has 0 atom stereocenters. The average Bonchev–Trinajstić information content (AvgIpc) is 3.08. The molecule has 128 valence electrons. The summed E-state index contributed by atoms with van der Waals surface area (Å²) in [6.07, 6.45) is 1.37. The Labute approximate surface area is 142 Å². The van der Waals surface area contributed by atoms with Gasteiger partial charge in [0.05, 0.1) is 18.9 Å². The number of esters is 2. The smallest absolute Gasteiger partial charge is 0.375 e. The molecule has 0 saturated heterocycles. The number of nitrogens with one attached hydrogen (secondary N) is 1. The van der Waals surface area contributed by atoms with Crippen LogP contribution in [0.3, 0.4) is 0 Å². The maximum Gasteiger partial charge on any atom is 0.375 e. The second-order valence-corrected chi connectivity index (χ2v) is 6.26. The molecule has 2 aromatic rings. The number of anilines is 1. The Hall–Kier alpha value is -2.61. The molecule has 7 nitrogen and oxygen atoms in total. The van der Waals surface area contributed by atoms with Crippen molar-refractivity contribution in [2.24, 2.45) is 0 Å². The third kappa shape index (κ3) is 3.65. The number of amides is 1. The van der Waals surface area contributed by atoms with Crippen LogP contribution in [0.15, 0.2) is 16.7 Å². The van der Waals surface area contributed by atoms with E-state index in [1.807, 2.05) is 6.92 Å². The van der Waals surface area contributed by atoms with Crippen molar-refractivity contribution in [2.45, 2.75) is 20.8 Å². The first kappa shape index (κ1) is 17.7. The van der Waals surface area contributed by atoms with Crippen LogP contribution in [0.2, 0.25) is 0 Å². The predicted octanol–water partition coefficient (Wildman–Crippen LogP) is 2.85. The van der Waals surface area contributed by atoms with Crippen LogP contribution >= 0.6 is 11.3 Å². The molecule has 2 aromatic heterocycles. The van der Waals surface area contributed by atoms with Gasteiger partial charge in [-0.25, -0.2) is 9.59 Å². The summed E-state index contributed by atoms with van der Waals surface area (Å²) >= 11 is 1.26. The van der Waals surface area contributed by atoms with E-state index in [9.17, 15) is 14.4 Å². The highest BCUT2D eigenvalue weighted by molar-refractivity contribution is 7.16. The van der Waals surface area contributed by atoms with E-state index >= 15 is 0 Å². The monoisotopic (exact) mass is 351 g/mol. The van der Waals surface area contributed by atoms with Gasteiger partial charge in [0.2, 0.25) is 5.76 Å². The summed E-state index contributed by atoms with van der Waals surface area (Å²) in [6, 6.07) is 1.62. The molecule has 0 fully saturated rings. The van der Waals surface area contributed by atoms with E-state index in [1.165, 1.54) is 24.7 Å². The quantitative estimate of drug-likeness (QED) is 0.832. The number of aryl methyl sites for hydroxylation is 2. The third-order valence-corrected chi connectivity index (χ3v) is 4.53. The number of ether oxygens (including phenoxy) is 2. The highest BCUT2D eigenvalue weighted by atomic mass is 32.1. The number of furan rings is 1. The van der Waals surface area contributed by atoms with Crippen molar-refractivity contribution in [1.29, 1.82) is 0 Å². The number of hydrogen-bond donors (Lipinski definition) is 1. The lowest BCUT2D eigenvalue weighted by Crippen LogP contribution is -2.21. The van der Waals surface area contributed by atoms with Crippen LogP contribution in [0.5, 0.6) is 0 Å². The minimum Gasteiger partial charge on any atom is -0.465 e. The standard InChI is InChI=1S/C16H17NO6S/c1-8-5-6-22-13(8)16(20)23-7-11(18)17-14-12(15(19)21-4)9(2)10(3)24-14/h5-6H,7H2,1-4H3,(H,17,18). The van der Waals surface area contributed by atoms with Crippen LogP contribution in [0.4, 0.5) is 5.00 Å². The van der Waals surface area contributed by atoms with Gasteiger partial charge in [0.1, 0.15) is 5.00 Å². The van der Waals surface area contributed by atoms with E-state index in [4.69, 9.17) is 13.9 Å². The van der Waals surface area contributed by atoms with Gasteiger partial charge in [0.25, 0.3) is 5.91 Å². The van der Waals surface area contributed by atoms with E-state index in [0.717, 1.165) is 10.4 Å². The fourth-order valence-electron chi connectivity index (χ4n) is 2.00. The summed E-state index contributed by atoms with van der Waals surface area (Å²) < 4.78 is 14.6. The van der Waals surface area contributed by atoms with Gasteiger partial charge in [-0.3, -0.25) is 4.79 Å². The highest BCUT2D eigenvalue weighted by Gasteiger charge is 2.22. The number of carbonyl (C=O) groups is 3. The van der Waals surface area contributed by atoms with Crippen LogP contribution in [0.1, 0.15) is 36.9 Å². The van der Waals surface area contributed by atoms with Gasteiger partial charge >= 0.3 is 11.9 Å². The number of carbonyl (C=O) groups excluding carboxylic acids is 3. The van der Waals surface area contributed by atoms with E-state index in [2.05, 4.69) is 5.32 Å². The first-order valence-corrected chi connectivity index (χ1v) is 7.86. The summed E-state index contributed by atoms with van der Waals surface area (Å²) in [5.74, 6) is -1.76. The van der Waals surface area contributed by atoms with Crippen molar-refractivity contribution < 1.29 is 28.3 Å². The van der Waals surface area contributed by atoms with Gasteiger partial charge in [-0.1, -0.05) is 0 Å². The molecule has 2 rings (SSSR count). The molecule has 0 unspecified atom stereocenters. The topological polar surface area (TPSA) is 94.8 Å². The van der Waals surface area contributed by atoms with Crippen molar-refractivity contribution in [3.8, 4) is 0 Å². The highest BCUT2D eigenvalue weighted by Crippen LogP contribution is 2.32. The van der Waals surface area contributed by atoms with Crippen molar-refractivity contribution >= 4 is 34.2 Å². The summed E-state index contributed by atoms with van der Waals surface area (Å²) in [5, 5.41) is 2.94. The SMILES string of the molecule is COC(=O)c1c(NC(=O)COC(=O)c2occc2C)sc(C)c1C. The lowest BCUT2D eigenvalue weighted by Gasteiger charge is -2.07. The van der Waals surface area contributed by atoms with E-state index in [1.54, 1.807) is 19.9 Å². The van der Waals surface area contributed by atoms with Gasteiger partial charge in [-0.2, -0.15) is 0 Å². The Bertz CT molecular complexity index is 789. The summed E-state index contributed by atoms with van der Waals surface area (Å²) in [4.78, 5) is 36.5. The fraction of sp³-hybridized carbons (Fsp3) is 0.312. The molecule has 0 aliphatic carbocycles. The molecule has 0 bridgehead atoms. The van der Waals surface area contributed by atoms with E-state index < -0.39 is 24.5 Å². The van der Waals surface area contributed by atoms with E-state index in [-0.39, 0.29) is 5.76 Å². The summed E-state index contributed by atoms with van der Waals surface area (Å²) in [5.41, 5.74) is 1.67. The molecule has 2 heterocycles. The van der Waals surface area contributed by atoms with Crippen LogP contribution in [0, 0.1) is 20.8 Å². The lowest BCUT2D eigenvalue weighted by molar-refractivity contribution is -0.119. The molecule has 0 aromatic carbocycles. The zero-order valence-corrected chi connectivity index (χ0v) is 14.5. The molecule has 1 amide bonds. The van der Waals surface area contributed by atoms with Crippen molar-refractivity contribution in [3.05, 3.63) is 39.7 Å². The Kier molecular flexibility index (Phi) is 5.40. The Morgan fingerprint density at radius 1 is 1.21 bits per heavy atom. The molecular weight excluding hydrogens is 334 g/mol. The Morgan fingerprint density at radius 3 is 2.50 bits per heavy atom. The second-order valence-electron chi connectivity index (χ2n) is 5.04. The van der Waals surface area contributed by atoms with E-state index in [0.29, 0.717) is 16.1 Å². The number of methoxy groups -OCH3 is 1. The molecule has 0 saturated carbocycles. The first-order valence-electron chi connectivity index (χ1n) is 7.04. The Morgan fingerprint density at radius 2 is 1.92 bits per heavy atom. The van der Waals surface area contributed by atoms with Crippen LogP contribution in [-0.4, -0.2) is 31.6 Å². The van der Waals surface area contributed by atoms with Gasteiger partial charge in [-0.05, 0) is 32.4 Å². The molecule has 0 aliphatic heterocycles. The summed E-state index contributed by atoms with van der Waals surface area (Å²) in [7, 11) is 1.27. The average molecular weight is 351 g/mol. The van der Waals surface area contributed by atoms with Crippen molar-refractivity contribution in [2.75, 3.05) is 19.0 Å². The number of thiophene rings is 1. The summed E-state index contributed by atoms with van der Waals surface area (Å²) in [6.45, 7) is 4.81. The molecular formula is C16H17NO6S. The molecule has 24 heavy (non-hydrogen) atoms. The van der Waals surface area contributed by atoms with Crippen molar-refractivity contribution in [1.82, 2.24) is 0 Å². The molecule has 1 N–H and O–H groups in total. The molecule has 0 spiro atoms. The molecule has 8 heteroatoms. The van der Waals surface area contributed by atoms with Crippen LogP contribution < -0.4 is 5.32 Å².